The molecule has 1 unspecified atom stereocenters. The lowest BCUT2D eigenvalue weighted by Crippen LogP contribution is -2.33. The van der Waals surface area contributed by atoms with Crippen LogP contribution in [0.1, 0.15) is 79.6 Å². The topological polar surface area (TPSA) is 137 Å². The second kappa shape index (κ2) is 13.6. The summed E-state index contributed by atoms with van der Waals surface area (Å²) in [7, 11) is 0. The smallest absolute Gasteiger partial charge is 0.407 e. The minimum Gasteiger partial charge on any atom is -0.461 e. The number of alkyl carbamates (subject to hydrolysis) is 1. The van der Waals surface area contributed by atoms with Crippen molar-refractivity contribution in [1.82, 2.24) is 20.2 Å². The SMILES string of the molecule is CC(C)(C)OC(=O)NCCCCC(=O)OCC1=CC(F)=C(F)CC1c1ccc2nc(N)nc(C(=O)N3Cc4ccccc4C3)c2c1. The van der Waals surface area contributed by atoms with Crippen LogP contribution in [-0.2, 0) is 27.4 Å². The molecule has 2 aliphatic rings. The standard InChI is InChI=1S/C34H37F2N5O5/c1-34(2,3)46-33(44)38-13-7-6-10-29(42)45-19-23-15-26(35)27(36)16-24(23)20-11-12-28-25(14-20)30(40-32(37)39-28)31(43)41-17-21-8-4-5-9-22(21)18-41/h4-5,8-9,11-12,14-15,24H,6-7,10,13,16-19H2,1-3H3,(H,38,44)(H2,37,39,40). The van der Waals surface area contributed by atoms with E-state index >= 15 is 0 Å². The van der Waals surface area contributed by atoms with Gasteiger partial charge in [-0.25, -0.2) is 23.5 Å². The van der Waals surface area contributed by atoms with E-state index in [1.807, 2.05) is 24.3 Å². The number of esters is 1. The minimum atomic E-state index is -1.02. The molecule has 0 saturated heterocycles. The molecule has 242 valence electrons. The summed E-state index contributed by atoms with van der Waals surface area (Å²) < 4.78 is 39.6. The van der Waals surface area contributed by atoms with Gasteiger partial charge in [0.05, 0.1) is 5.52 Å². The molecule has 0 fully saturated rings. The molecule has 3 aromatic rings. The number of carbonyl (C=O) groups excluding carboxylic acids is 3. The number of ether oxygens (including phenoxy) is 2. The van der Waals surface area contributed by atoms with Crippen LogP contribution in [0.4, 0.5) is 19.5 Å². The van der Waals surface area contributed by atoms with Gasteiger partial charge in [0.15, 0.2) is 5.83 Å². The summed E-state index contributed by atoms with van der Waals surface area (Å²) in [4.78, 5) is 48.2. The molecule has 1 atom stereocenters. The number of amides is 2. The first-order chi connectivity index (χ1) is 21.9. The Bertz CT molecular complexity index is 1710. The molecule has 46 heavy (non-hydrogen) atoms. The number of nitrogen functional groups attached to an aromatic ring is 1. The first-order valence-corrected chi connectivity index (χ1v) is 15.2. The maximum absolute atomic E-state index is 14.6. The van der Waals surface area contributed by atoms with E-state index in [1.54, 1.807) is 43.9 Å². The molecule has 3 N–H and O–H groups in total. The van der Waals surface area contributed by atoms with E-state index in [2.05, 4.69) is 15.3 Å². The molecule has 0 radical (unpaired) electrons. The van der Waals surface area contributed by atoms with Crippen LogP contribution in [0.5, 0.6) is 0 Å². The highest BCUT2D eigenvalue weighted by Gasteiger charge is 2.30. The van der Waals surface area contributed by atoms with Crippen molar-refractivity contribution in [2.24, 2.45) is 0 Å². The average Bonchev–Trinajstić information content (AvgIpc) is 3.44. The Hall–Kier alpha value is -4.87. The summed E-state index contributed by atoms with van der Waals surface area (Å²) in [6, 6.07) is 12.9. The van der Waals surface area contributed by atoms with Crippen LogP contribution < -0.4 is 11.1 Å². The van der Waals surface area contributed by atoms with Gasteiger partial charge >= 0.3 is 12.1 Å². The Kier molecular flexibility index (Phi) is 9.64. The Labute approximate surface area is 265 Å². The molecule has 2 amide bonds. The Morgan fingerprint density at radius 1 is 1.04 bits per heavy atom. The van der Waals surface area contributed by atoms with Gasteiger partial charge in [-0.3, -0.25) is 9.59 Å². The Morgan fingerprint density at radius 3 is 2.46 bits per heavy atom. The zero-order chi connectivity index (χ0) is 33.0. The summed E-state index contributed by atoms with van der Waals surface area (Å²) in [6.45, 7) is 6.24. The van der Waals surface area contributed by atoms with Crippen LogP contribution in [0.3, 0.4) is 0 Å². The van der Waals surface area contributed by atoms with Crippen LogP contribution in [0.15, 0.2) is 65.8 Å². The number of hydrogen-bond donors (Lipinski definition) is 2. The van der Waals surface area contributed by atoms with Gasteiger partial charge in [0.1, 0.15) is 23.7 Å². The van der Waals surface area contributed by atoms with E-state index in [-0.39, 0.29) is 37.0 Å². The number of carbonyl (C=O) groups is 3. The van der Waals surface area contributed by atoms with Crippen LogP contribution in [0, 0.1) is 0 Å². The van der Waals surface area contributed by atoms with E-state index in [9.17, 15) is 23.2 Å². The van der Waals surface area contributed by atoms with Crippen LogP contribution in [0.25, 0.3) is 10.9 Å². The maximum Gasteiger partial charge on any atom is 0.407 e. The van der Waals surface area contributed by atoms with E-state index in [1.165, 1.54) is 0 Å². The van der Waals surface area contributed by atoms with E-state index in [4.69, 9.17) is 15.2 Å². The third-order valence-electron chi connectivity index (χ3n) is 7.75. The Morgan fingerprint density at radius 2 is 1.76 bits per heavy atom. The highest BCUT2D eigenvalue weighted by molar-refractivity contribution is 6.05. The number of anilines is 1. The molecule has 2 heterocycles. The summed E-state index contributed by atoms with van der Waals surface area (Å²) in [5, 5.41) is 3.06. The van der Waals surface area contributed by atoms with E-state index in [0.29, 0.717) is 54.5 Å². The average molecular weight is 634 g/mol. The highest BCUT2D eigenvalue weighted by atomic mass is 19.2. The number of hydrogen-bond acceptors (Lipinski definition) is 8. The molecular formula is C34H37F2N5O5. The number of benzene rings is 2. The number of halogens is 2. The zero-order valence-electron chi connectivity index (χ0n) is 26.1. The fourth-order valence-corrected chi connectivity index (χ4v) is 5.53. The molecule has 0 saturated carbocycles. The number of nitrogens with two attached hydrogens (primary N) is 1. The van der Waals surface area contributed by atoms with Crippen molar-refractivity contribution in [1.29, 1.82) is 0 Å². The zero-order valence-corrected chi connectivity index (χ0v) is 26.1. The van der Waals surface area contributed by atoms with Gasteiger partial charge < -0.3 is 25.4 Å². The number of allylic oxidation sites excluding steroid dienone is 3. The lowest BCUT2D eigenvalue weighted by Gasteiger charge is -2.24. The fourth-order valence-electron chi connectivity index (χ4n) is 5.53. The van der Waals surface area contributed by atoms with E-state index in [0.717, 1.165) is 17.2 Å². The largest absolute Gasteiger partial charge is 0.461 e. The molecular weight excluding hydrogens is 596 g/mol. The Balaban J connectivity index is 1.26. The predicted molar refractivity (Wildman–Crippen MR) is 168 cm³/mol. The molecule has 5 rings (SSSR count). The third kappa shape index (κ3) is 7.85. The number of nitrogens with zero attached hydrogens (tertiary/aromatic N) is 3. The van der Waals surface area contributed by atoms with Gasteiger partial charge in [-0.1, -0.05) is 30.3 Å². The number of nitrogens with one attached hydrogen (secondary N) is 1. The summed E-state index contributed by atoms with van der Waals surface area (Å²) >= 11 is 0. The molecule has 1 aromatic heterocycles. The van der Waals surface area contributed by atoms with Gasteiger partial charge in [-0.15, -0.1) is 0 Å². The molecule has 1 aliphatic heterocycles. The van der Waals surface area contributed by atoms with Crippen LogP contribution in [0.2, 0.25) is 0 Å². The molecule has 1 aliphatic carbocycles. The first kappa shape index (κ1) is 32.5. The molecule has 0 spiro atoms. The second-order valence-electron chi connectivity index (χ2n) is 12.4. The highest BCUT2D eigenvalue weighted by Crippen LogP contribution is 2.39. The number of fused-ring (bicyclic) bond motifs is 2. The minimum absolute atomic E-state index is 0.0536. The van der Waals surface area contributed by atoms with Crippen molar-refractivity contribution in [3.05, 3.63) is 88.2 Å². The van der Waals surface area contributed by atoms with Gasteiger partial charge in [0, 0.05) is 43.8 Å². The monoisotopic (exact) mass is 633 g/mol. The quantitative estimate of drug-likeness (QED) is 0.211. The summed E-state index contributed by atoms with van der Waals surface area (Å²) in [5.41, 5.74) is 8.97. The normalized spacial score (nSPS) is 16.2. The van der Waals surface area contributed by atoms with Gasteiger partial charge in [-0.2, -0.15) is 0 Å². The van der Waals surface area contributed by atoms with Crippen molar-refractivity contribution in [2.45, 2.75) is 71.1 Å². The number of rotatable bonds is 9. The van der Waals surface area contributed by atoms with Gasteiger partial charge in [-0.05, 0) is 74.1 Å². The third-order valence-corrected chi connectivity index (χ3v) is 7.75. The van der Waals surface area contributed by atoms with E-state index < -0.39 is 35.2 Å². The predicted octanol–water partition coefficient (Wildman–Crippen LogP) is 6.17. The van der Waals surface area contributed by atoms with Gasteiger partial charge in [0.25, 0.3) is 5.91 Å². The maximum atomic E-state index is 14.6. The van der Waals surface area contributed by atoms with Gasteiger partial charge in [0.2, 0.25) is 5.95 Å². The summed E-state index contributed by atoms with van der Waals surface area (Å²) in [6.07, 6.45) is 1.30. The number of aromatic nitrogens is 2. The molecule has 0 bridgehead atoms. The fraction of sp³-hybridized carbons (Fsp3) is 0.382. The summed E-state index contributed by atoms with van der Waals surface area (Å²) in [5.74, 6) is -3.48. The molecule has 12 heteroatoms. The lowest BCUT2D eigenvalue weighted by molar-refractivity contribution is -0.142. The lowest BCUT2D eigenvalue weighted by atomic mass is 9.84. The van der Waals surface area contributed by atoms with Crippen LogP contribution >= 0.6 is 0 Å². The second-order valence-corrected chi connectivity index (χ2v) is 12.4. The molecule has 10 nitrogen and oxygen atoms in total. The van der Waals surface area contributed by atoms with Crippen molar-refractivity contribution >= 4 is 34.8 Å². The number of unbranched alkanes of at least 4 members (excludes halogenated alkanes) is 1. The first-order valence-electron chi connectivity index (χ1n) is 15.2. The van der Waals surface area contributed by atoms with Crippen molar-refractivity contribution < 1.29 is 32.6 Å². The van der Waals surface area contributed by atoms with Crippen LogP contribution in [-0.4, -0.2) is 51.6 Å². The van der Waals surface area contributed by atoms with Crippen molar-refractivity contribution in [2.75, 3.05) is 18.9 Å². The van der Waals surface area contributed by atoms with Crippen molar-refractivity contribution in [3.63, 3.8) is 0 Å². The molecule has 2 aromatic carbocycles. The van der Waals surface area contributed by atoms with Crippen molar-refractivity contribution in [3.8, 4) is 0 Å².